The Labute approximate surface area is 131 Å². The fraction of sp³-hybridized carbons (Fsp3) is 0.706. The molecule has 2 aromatic rings. The van der Waals surface area contributed by atoms with Crippen LogP contribution in [0.4, 0.5) is 0 Å². The molecule has 0 bridgehead atoms. The van der Waals surface area contributed by atoms with E-state index in [1.165, 1.54) is 49.2 Å². The van der Waals surface area contributed by atoms with Crippen LogP contribution in [0.1, 0.15) is 56.1 Å². The van der Waals surface area contributed by atoms with Gasteiger partial charge in [-0.1, -0.05) is 26.2 Å². The molecule has 3 rings (SSSR count). The van der Waals surface area contributed by atoms with Crippen molar-refractivity contribution in [2.45, 2.75) is 59.4 Å². The molecule has 1 aliphatic rings. The highest BCUT2D eigenvalue weighted by molar-refractivity contribution is 7.15. The van der Waals surface area contributed by atoms with Gasteiger partial charge in [-0.25, -0.2) is 4.98 Å². The molecule has 21 heavy (non-hydrogen) atoms. The van der Waals surface area contributed by atoms with Crippen molar-refractivity contribution in [2.75, 3.05) is 6.54 Å². The second-order valence-electron chi connectivity index (χ2n) is 6.74. The average molecular weight is 305 g/mol. The van der Waals surface area contributed by atoms with E-state index >= 15 is 0 Å². The highest BCUT2D eigenvalue weighted by Gasteiger charge is 2.18. The predicted molar refractivity (Wildman–Crippen MR) is 90.0 cm³/mol. The van der Waals surface area contributed by atoms with Crippen LogP contribution in [0, 0.1) is 25.7 Å². The molecule has 0 spiro atoms. The van der Waals surface area contributed by atoms with Crippen molar-refractivity contribution in [3.8, 4) is 0 Å². The second-order valence-corrected chi connectivity index (χ2v) is 7.58. The molecule has 1 fully saturated rings. The van der Waals surface area contributed by atoms with E-state index in [9.17, 15) is 0 Å². The Morgan fingerprint density at radius 2 is 2.24 bits per heavy atom. The minimum Gasteiger partial charge on any atom is -0.311 e. The Kier molecular flexibility index (Phi) is 4.65. The Bertz CT molecular complexity index is 598. The molecule has 1 saturated carbocycles. The van der Waals surface area contributed by atoms with Gasteiger partial charge in [-0.3, -0.25) is 4.40 Å². The number of thiazole rings is 1. The van der Waals surface area contributed by atoms with Crippen molar-refractivity contribution < 1.29 is 0 Å². The zero-order valence-corrected chi connectivity index (χ0v) is 14.3. The highest BCUT2D eigenvalue weighted by Crippen LogP contribution is 2.30. The summed E-state index contributed by atoms with van der Waals surface area (Å²) in [6.45, 7) is 8.77. The number of hydrogen-bond donors (Lipinski definition) is 1. The van der Waals surface area contributed by atoms with Crippen LogP contribution in [0.5, 0.6) is 0 Å². The maximum atomic E-state index is 4.65. The molecule has 0 radical (unpaired) electrons. The van der Waals surface area contributed by atoms with Gasteiger partial charge in [0.15, 0.2) is 4.96 Å². The lowest BCUT2D eigenvalue weighted by molar-refractivity contribution is 0.267. The minimum absolute atomic E-state index is 0.937. The zero-order chi connectivity index (χ0) is 14.8. The molecule has 3 nitrogen and oxygen atoms in total. The molecule has 0 aromatic carbocycles. The molecule has 0 saturated heterocycles. The lowest BCUT2D eigenvalue weighted by atomic mass is 9.81. The fourth-order valence-electron chi connectivity index (χ4n) is 3.71. The van der Waals surface area contributed by atoms with Gasteiger partial charge in [-0.2, -0.15) is 0 Å². The van der Waals surface area contributed by atoms with Gasteiger partial charge in [0.25, 0.3) is 0 Å². The average Bonchev–Trinajstić information content (AvgIpc) is 2.95. The quantitative estimate of drug-likeness (QED) is 0.834. The predicted octanol–water partition coefficient (Wildman–Crippen LogP) is 4.32. The topological polar surface area (TPSA) is 29.3 Å². The number of rotatable bonds is 5. The smallest absolute Gasteiger partial charge is 0.194 e. The standard InChI is InChI=1S/C17H27N3S/c1-12-5-4-6-15(9-12)7-8-18-10-16-14(3)19-17-20(16)13(2)11-21-17/h11-12,15,18H,4-10H2,1-3H3. The fourth-order valence-corrected chi connectivity index (χ4v) is 4.64. The van der Waals surface area contributed by atoms with Crippen molar-refractivity contribution >= 4 is 16.3 Å². The Balaban J connectivity index is 1.52. The van der Waals surface area contributed by atoms with E-state index in [-0.39, 0.29) is 0 Å². The van der Waals surface area contributed by atoms with Crippen molar-refractivity contribution in [1.82, 2.24) is 14.7 Å². The van der Waals surface area contributed by atoms with Gasteiger partial charge in [0.05, 0.1) is 11.4 Å². The number of aryl methyl sites for hydroxylation is 2. The molecule has 4 heteroatoms. The van der Waals surface area contributed by atoms with Crippen LogP contribution in [0.2, 0.25) is 0 Å². The van der Waals surface area contributed by atoms with E-state index in [2.05, 4.69) is 40.9 Å². The lowest BCUT2D eigenvalue weighted by Crippen LogP contribution is -2.22. The third-order valence-corrected chi connectivity index (χ3v) is 5.84. The van der Waals surface area contributed by atoms with Crippen LogP contribution in [-0.4, -0.2) is 15.9 Å². The van der Waals surface area contributed by atoms with Crippen LogP contribution < -0.4 is 5.32 Å². The van der Waals surface area contributed by atoms with Crippen molar-refractivity contribution in [1.29, 1.82) is 0 Å². The van der Waals surface area contributed by atoms with Gasteiger partial charge >= 0.3 is 0 Å². The van der Waals surface area contributed by atoms with Gasteiger partial charge in [-0.05, 0) is 45.1 Å². The minimum atomic E-state index is 0.937. The van der Waals surface area contributed by atoms with Crippen LogP contribution in [0.25, 0.3) is 4.96 Å². The molecular formula is C17H27N3S. The highest BCUT2D eigenvalue weighted by atomic mass is 32.1. The molecule has 0 aliphatic heterocycles. The summed E-state index contributed by atoms with van der Waals surface area (Å²) in [7, 11) is 0. The molecule has 2 unspecified atom stereocenters. The lowest BCUT2D eigenvalue weighted by Gasteiger charge is -2.26. The van der Waals surface area contributed by atoms with Gasteiger partial charge in [0.1, 0.15) is 0 Å². The number of nitrogens with zero attached hydrogens (tertiary/aromatic N) is 2. The molecular weight excluding hydrogens is 278 g/mol. The summed E-state index contributed by atoms with van der Waals surface area (Å²) in [5.41, 5.74) is 3.80. The third kappa shape index (κ3) is 3.32. The van der Waals surface area contributed by atoms with Gasteiger partial charge in [0.2, 0.25) is 0 Å². The molecule has 2 aromatic heterocycles. The monoisotopic (exact) mass is 305 g/mol. The first-order valence-electron chi connectivity index (χ1n) is 8.28. The summed E-state index contributed by atoms with van der Waals surface area (Å²) >= 11 is 1.74. The van der Waals surface area contributed by atoms with Crippen LogP contribution in [0.3, 0.4) is 0 Å². The first-order valence-corrected chi connectivity index (χ1v) is 9.16. The number of nitrogens with one attached hydrogen (secondary N) is 1. The molecule has 2 atom stereocenters. The molecule has 2 heterocycles. The zero-order valence-electron chi connectivity index (χ0n) is 13.5. The van der Waals surface area contributed by atoms with Crippen LogP contribution >= 0.6 is 11.3 Å². The first-order chi connectivity index (χ1) is 10.1. The van der Waals surface area contributed by atoms with Crippen molar-refractivity contribution in [3.05, 3.63) is 22.5 Å². The Hall–Kier alpha value is -0.870. The molecule has 1 aliphatic carbocycles. The van der Waals surface area contributed by atoms with Gasteiger partial charge in [0, 0.05) is 17.6 Å². The summed E-state index contributed by atoms with van der Waals surface area (Å²) < 4.78 is 2.30. The number of hydrogen-bond acceptors (Lipinski definition) is 3. The maximum absolute atomic E-state index is 4.65. The van der Waals surface area contributed by atoms with Crippen LogP contribution in [-0.2, 0) is 6.54 Å². The molecule has 0 amide bonds. The normalized spacial score (nSPS) is 23.0. The van der Waals surface area contributed by atoms with E-state index in [1.807, 2.05) is 0 Å². The van der Waals surface area contributed by atoms with E-state index in [4.69, 9.17) is 0 Å². The summed E-state index contributed by atoms with van der Waals surface area (Å²) in [4.78, 5) is 5.78. The first kappa shape index (κ1) is 15.0. The summed E-state index contributed by atoms with van der Waals surface area (Å²) in [5, 5.41) is 5.83. The largest absolute Gasteiger partial charge is 0.311 e. The van der Waals surface area contributed by atoms with E-state index in [0.29, 0.717) is 0 Å². The SMILES string of the molecule is Cc1nc2scc(C)n2c1CNCCC1CCCC(C)C1. The van der Waals surface area contributed by atoms with E-state index < -0.39 is 0 Å². The van der Waals surface area contributed by atoms with E-state index in [1.54, 1.807) is 11.3 Å². The Morgan fingerprint density at radius 1 is 1.38 bits per heavy atom. The summed E-state index contributed by atoms with van der Waals surface area (Å²) in [6, 6.07) is 0. The molecule has 1 N–H and O–H groups in total. The third-order valence-electron chi connectivity index (χ3n) is 4.90. The van der Waals surface area contributed by atoms with E-state index in [0.717, 1.165) is 29.9 Å². The second kappa shape index (κ2) is 6.49. The summed E-state index contributed by atoms with van der Waals surface area (Å²) in [5.74, 6) is 1.88. The van der Waals surface area contributed by atoms with Crippen LogP contribution in [0.15, 0.2) is 5.38 Å². The van der Waals surface area contributed by atoms with Gasteiger partial charge < -0.3 is 5.32 Å². The summed E-state index contributed by atoms with van der Waals surface area (Å²) in [6.07, 6.45) is 7.07. The Morgan fingerprint density at radius 3 is 3.05 bits per heavy atom. The van der Waals surface area contributed by atoms with Crippen molar-refractivity contribution in [2.24, 2.45) is 11.8 Å². The number of imidazole rings is 1. The number of fused-ring (bicyclic) bond motifs is 1. The van der Waals surface area contributed by atoms with Crippen molar-refractivity contribution in [3.63, 3.8) is 0 Å². The number of aromatic nitrogens is 2. The van der Waals surface area contributed by atoms with Gasteiger partial charge in [-0.15, -0.1) is 11.3 Å². The maximum Gasteiger partial charge on any atom is 0.194 e. The molecule has 116 valence electrons.